The maximum atomic E-state index is 11.6. The molecule has 0 aromatic heterocycles. The van der Waals surface area contributed by atoms with E-state index in [1.165, 1.54) is 7.11 Å². The highest BCUT2D eigenvalue weighted by Crippen LogP contribution is 2.28. The summed E-state index contributed by atoms with van der Waals surface area (Å²) in [5.74, 6) is 0.737. The molecule has 1 aliphatic rings. The Morgan fingerprint density at radius 3 is 2.82 bits per heavy atom. The van der Waals surface area contributed by atoms with E-state index in [0.717, 1.165) is 25.2 Å². The number of hydrogen-bond acceptors (Lipinski definition) is 5. The van der Waals surface area contributed by atoms with E-state index in [-0.39, 0.29) is 5.97 Å². The summed E-state index contributed by atoms with van der Waals surface area (Å²) >= 11 is 1.89. The van der Waals surface area contributed by atoms with Gasteiger partial charge < -0.3 is 14.8 Å². The third-order valence-electron chi connectivity index (χ3n) is 3.43. The number of esters is 1. The Balaban J connectivity index is 2.35. The number of hydrogen-bond donors (Lipinski definition) is 1. The van der Waals surface area contributed by atoms with Gasteiger partial charge in [0.2, 0.25) is 0 Å². The van der Waals surface area contributed by atoms with Gasteiger partial charge in [0.05, 0.1) is 13.2 Å². The van der Waals surface area contributed by atoms with Crippen molar-refractivity contribution in [3.05, 3.63) is 0 Å². The standard InChI is InChI=1S/C12H23NO3S/c1-9-10(5-7-16-9)17-8-6-12(2,13-3)11(14)15-4/h9-10,13H,5-8H2,1-4H3. The molecule has 1 N–H and O–H groups in total. The summed E-state index contributed by atoms with van der Waals surface area (Å²) in [5, 5.41) is 3.61. The molecule has 0 aliphatic carbocycles. The molecule has 0 spiro atoms. The molecular weight excluding hydrogens is 238 g/mol. The lowest BCUT2D eigenvalue weighted by atomic mass is 10.00. The topological polar surface area (TPSA) is 47.6 Å². The summed E-state index contributed by atoms with van der Waals surface area (Å²) in [5.41, 5.74) is -0.579. The number of likely N-dealkylation sites (N-methyl/N-ethyl adjacent to an activating group) is 1. The predicted molar refractivity (Wildman–Crippen MR) is 70.4 cm³/mol. The Morgan fingerprint density at radius 2 is 2.35 bits per heavy atom. The second kappa shape index (κ2) is 6.61. The maximum Gasteiger partial charge on any atom is 0.325 e. The fourth-order valence-electron chi connectivity index (χ4n) is 1.90. The number of ether oxygens (including phenoxy) is 2. The molecule has 100 valence electrons. The van der Waals surface area contributed by atoms with Crippen molar-refractivity contribution in [1.82, 2.24) is 5.32 Å². The molecule has 0 amide bonds. The van der Waals surface area contributed by atoms with Gasteiger partial charge in [-0.1, -0.05) is 0 Å². The number of carbonyl (C=O) groups excluding carboxylic acids is 1. The smallest absolute Gasteiger partial charge is 0.325 e. The Morgan fingerprint density at radius 1 is 1.65 bits per heavy atom. The van der Waals surface area contributed by atoms with E-state index in [1.807, 2.05) is 18.7 Å². The van der Waals surface area contributed by atoms with Crippen molar-refractivity contribution in [2.75, 3.05) is 26.5 Å². The van der Waals surface area contributed by atoms with Crippen LogP contribution in [0.15, 0.2) is 0 Å². The van der Waals surface area contributed by atoms with Crippen LogP contribution in [0.4, 0.5) is 0 Å². The molecule has 1 heterocycles. The number of thioether (sulfide) groups is 1. The average molecular weight is 261 g/mol. The third-order valence-corrected chi connectivity index (χ3v) is 4.92. The fraction of sp³-hybridized carbons (Fsp3) is 0.917. The van der Waals surface area contributed by atoms with Gasteiger partial charge in [-0.15, -0.1) is 0 Å². The van der Waals surface area contributed by atoms with Crippen LogP contribution in [-0.4, -0.2) is 49.4 Å². The van der Waals surface area contributed by atoms with E-state index in [0.29, 0.717) is 11.4 Å². The molecule has 1 aliphatic heterocycles. The zero-order chi connectivity index (χ0) is 12.9. The summed E-state index contributed by atoms with van der Waals surface area (Å²) in [6, 6.07) is 0. The minimum absolute atomic E-state index is 0.198. The van der Waals surface area contributed by atoms with Gasteiger partial charge >= 0.3 is 5.97 Å². The molecule has 0 saturated carbocycles. The van der Waals surface area contributed by atoms with Gasteiger partial charge in [0.15, 0.2) is 0 Å². The second-order valence-corrected chi connectivity index (χ2v) is 5.94. The molecule has 0 aromatic carbocycles. The Bertz CT molecular complexity index is 262. The first-order valence-corrected chi connectivity index (χ1v) is 7.09. The van der Waals surface area contributed by atoms with Crippen LogP contribution in [0.5, 0.6) is 0 Å². The lowest BCUT2D eigenvalue weighted by molar-refractivity contribution is -0.147. The Kier molecular flexibility index (Phi) is 5.76. The number of nitrogens with one attached hydrogen (secondary N) is 1. The molecule has 0 bridgehead atoms. The van der Waals surface area contributed by atoms with Crippen molar-refractivity contribution in [2.45, 2.75) is 43.6 Å². The molecule has 3 unspecified atom stereocenters. The van der Waals surface area contributed by atoms with E-state index >= 15 is 0 Å². The number of rotatable bonds is 6. The van der Waals surface area contributed by atoms with Crippen molar-refractivity contribution < 1.29 is 14.3 Å². The van der Waals surface area contributed by atoms with Crippen molar-refractivity contribution in [3.63, 3.8) is 0 Å². The van der Waals surface area contributed by atoms with Crippen LogP contribution in [0.25, 0.3) is 0 Å². The van der Waals surface area contributed by atoms with Crippen molar-refractivity contribution >= 4 is 17.7 Å². The zero-order valence-corrected chi connectivity index (χ0v) is 11.9. The molecule has 0 radical (unpaired) electrons. The van der Waals surface area contributed by atoms with Crippen molar-refractivity contribution in [2.24, 2.45) is 0 Å². The SMILES string of the molecule is CNC(C)(CCSC1CCOC1C)C(=O)OC. The van der Waals surface area contributed by atoms with Crippen LogP contribution >= 0.6 is 11.8 Å². The highest BCUT2D eigenvalue weighted by atomic mass is 32.2. The van der Waals surface area contributed by atoms with E-state index < -0.39 is 5.54 Å². The molecule has 1 rings (SSSR count). The maximum absolute atomic E-state index is 11.6. The van der Waals surface area contributed by atoms with Crippen LogP contribution < -0.4 is 5.32 Å². The van der Waals surface area contributed by atoms with Crippen LogP contribution in [0.3, 0.4) is 0 Å². The van der Waals surface area contributed by atoms with E-state index in [9.17, 15) is 4.79 Å². The highest BCUT2D eigenvalue weighted by Gasteiger charge is 2.33. The first kappa shape index (κ1) is 14.8. The van der Waals surface area contributed by atoms with Gasteiger partial charge in [0.25, 0.3) is 0 Å². The summed E-state index contributed by atoms with van der Waals surface area (Å²) in [6.07, 6.45) is 2.21. The predicted octanol–water partition coefficient (Wildman–Crippen LogP) is 1.44. The molecule has 1 fully saturated rings. The van der Waals surface area contributed by atoms with Crippen LogP contribution in [0.1, 0.15) is 26.7 Å². The summed E-state index contributed by atoms with van der Waals surface area (Å²) in [7, 11) is 3.22. The van der Waals surface area contributed by atoms with Gasteiger partial charge in [0.1, 0.15) is 5.54 Å². The van der Waals surface area contributed by atoms with Crippen molar-refractivity contribution in [3.8, 4) is 0 Å². The monoisotopic (exact) mass is 261 g/mol. The molecule has 4 nitrogen and oxygen atoms in total. The lowest BCUT2D eigenvalue weighted by Crippen LogP contribution is -2.48. The quantitative estimate of drug-likeness (QED) is 0.733. The molecule has 3 atom stereocenters. The van der Waals surface area contributed by atoms with Gasteiger partial charge in [-0.25, -0.2) is 0 Å². The minimum atomic E-state index is -0.579. The third kappa shape index (κ3) is 3.86. The molecule has 1 saturated heterocycles. The Labute approximate surface area is 108 Å². The van der Waals surface area contributed by atoms with E-state index in [2.05, 4.69) is 12.2 Å². The summed E-state index contributed by atoms with van der Waals surface area (Å²) in [6.45, 7) is 4.86. The fourth-order valence-corrected chi connectivity index (χ4v) is 3.34. The molecule has 17 heavy (non-hydrogen) atoms. The average Bonchev–Trinajstić information content (AvgIpc) is 2.74. The van der Waals surface area contributed by atoms with Gasteiger partial charge in [-0.2, -0.15) is 11.8 Å². The molecular formula is C12H23NO3S. The largest absolute Gasteiger partial charge is 0.468 e. The van der Waals surface area contributed by atoms with Crippen LogP contribution in [0, 0.1) is 0 Å². The van der Waals surface area contributed by atoms with E-state index in [4.69, 9.17) is 9.47 Å². The van der Waals surface area contributed by atoms with Gasteiger partial charge in [0, 0.05) is 11.9 Å². The lowest BCUT2D eigenvalue weighted by Gasteiger charge is -2.26. The second-order valence-electron chi connectivity index (χ2n) is 4.60. The van der Waals surface area contributed by atoms with Crippen molar-refractivity contribution in [1.29, 1.82) is 0 Å². The van der Waals surface area contributed by atoms with Crippen LogP contribution in [-0.2, 0) is 14.3 Å². The Hall–Kier alpha value is -0.260. The first-order chi connectivity index (χ1) is 8.03. The van der Waals surface area contributed by atoms with Crippen LogP contribution in [0.2, 0.25) is 0 Å². The normalized spacial score (nSPS) is 27.8. The summed E-state index contributed by atoms with van der Waals surface area (Å²) in [4.78, 5) is 11.6. The van der Waals surface area contributed by atoms with Gasteiger partial charge in [-0.3, -0.25) is 4.79 Å². The van der Waals surface area contributed by atoms with E-state index in [1.54, 1.807) is 7.05 Å². The highest BCUT2D eigenvalue weighted by molar-refractivity contribution is 7.99. The minimum Gasteiger partial charge on any atom is -0.468 e. The summed E-state index contributed by atoms with van der Waals surface area (Å²) < 4.78 is 10.3. The molecule has 5 heteroatoms. The van der Waals surface area contributed by atoms with Gasteiger partial charge in [-0.05, 0) is 39.5 Å². The zero-order valence-electron chi connectivity index (χ0n) is 11.1. The molecule has 0 aromatic rings. The number of methoxy groups -OCH3 is 1. The first-order valence-electron chi connectivity index (χ1n) is 6.04. The number of carbonyl (C=O) groups is 1.